The molecule has 1 aliphatic heterocycles. The molecule has 9 heteroatoms. The van der Waals surface area contributed by atoms with E-state index in [0.717, 1.165) is 0 Å². The Morgan fingerprint density at radius 3 is 2.83 bits per heavy atom. The highest BCUT2D eigenvalue weighted by Crippen LogP contribution is 2.31. The Morgan fingerprint density at radius 1 is 1.42 bits per heavy atom. The number of rotatable bonds is 2. The van der Waals surface area contributed by atoms with Gasteiger partial charge in [-0.15, -0.1) is 0 Å². The largest absolute Gasteiger partial charge is 0.404 e. The van der Waals surface area contributed by atoms with Crippen LogP contribution in [0.2, 0.25) is 0 Å². The van der Waals surface area contributed by atoms with Crippen LogP contribution in [0.3, 0.4) is 0 Å². The summed E-state index contributed by atoms with van der Waals surface area (Å²) in [4.78, 5) is 17.6. The highest BCUT2D eigenvalue weighted by atomic mass is 19.4. The topological polar surface area (TPSA) is 71.3 Å². The maximum atomic E-state index is 12.8. The van der Waals surface area contributed by atoms with Gasteiger partial charge in [-0.2, -0.15) is 13.2 Å². The number of amides is 1. The van der Waals surface area contributed by atoms with Gasteiger partial charge in [0.25, 0.3) is 11.6 Å². The lowest BCUT2D eigenvalue weighted by Crippen LogP contribution is -2.54. The number of fused-ring (bicyclic) bond motifs is 1. The van der Waals surface area contributed by atoms with Gasteiger partial charge in [0.15, 0.2) is 0 Å². The fourth-order valence-corrected chi connectivity index (χ4v) is 3.01. The predicted octanol–water partition coefficient (Wildman–Crippen LogP) is 2.29. The normalized spacial score (nSPS) is 22.7. The zero-order chi connectivity index (χ0) is 17.5. The summed E-state index contributed by atoms with van der Waals surface area (Å²) >= 11 is 0. The quantitative estimate of drug-likeness (QED) is 0.907. The number of likely N-dealkylation sites (N-methyl/N-ethyl adjacent to an activating group) is 1. The number of aryl methyl sites for hydroxylation is 1. The van der Waals surface area contributed by atoms with E-state index in [4.69, 9.17) is 4.52 Å². The molecule has 2 aromatic rings. The van der Waals surface area contributed by atoms with Crippen molar-refractivity contribution >= 4 is 17.0 Å². The van der Waals surface area contributed by atoms with E-state index in [2.05, 4.69) is 15.5 Å². The molecule has 1 aliphatic rings. The van der Waals surface area contributed by atoms with Crippen molar-refractivity contribution in [3.63, 3.8) is 0 Å². The monoisotopic (exact) mass is 342 g/mol. The van der Waals surface area contributed by atoms with Gasteiger partial charge in [0.05, 0.1) is 16.6 Å². The number of hydrogen-bond acceptors (Lipinski definition) is 5. The molecule has 0 bridgehead atoms. The fourth-order valence-electron chi connectivity index (χ4n) is 3.01. The molecule has 0 radical (unpaired) electrons. The number of nitrogens with zero attached hydrogens (tertiary/aromatic N) is 3. The van der Waals surface area contributed by atoms with E-state index in [1.807, 2.05) is 0 Å². The minimum Gasteiger partial charge on any atom is -0.348 e. The molecule has 0 aliphatic carbocycles. The molecule has 2 atom stereocenters. The molecule has 1 saturated heterocycles. The van der Waals surface area contributed by atoms with Crippen molar-refractivity contribution in [1.82, 2.24) is 20.4 Å². The lowest BCUT2D eigenvalue weighted by Gasteiger charge is -2.38. The first-order chi connectivity index (χ1) is 11.3. The van der Waals surface area contributed by atoms with Crippen molar-refractivity contribution in [1.29, 1.82) is 0 Å². The van der Waals surface area contributed by atoms with Gasteiger partial charge in [-0.3, -0.25) is 9.69 Å². The first kappa shape index (κ1) is 16.7. The molecule has 3 rings (SSSR count). The molecule has 1 N–H and O–H groups in total. The Morgan fingerprint density at radius 2 is 2.17 bits per heavy atom. The van der Waals surface area contributed by atoms with E-state index in [-0.39, 0.29) is 31.3 Å². The molecular weight excluding hydrogens is 325 g/mol. The number of piperidine rings is 1. The summed E-state index contributed by atoms with van der Waals surface area (Å²) in [7, 11) is 1.42. The Balaban J connectivity index is 1.67. The number of likely N-dealkylation sites (tertiary alicyclic amines) is 1. The summed E-state index contributed by atoms with van der Waals surface area (Å²) in [6.45, 7) is 1.89. The standard InChI is InChI=1S/C15H17F3N4O2/c1-8-11-5-9(6-19-14(11)24-21-8)13(23)20-10-3-4-12(15(16,17)18)22(2)7-10/h5-6,10,12H,3-4,7H2,1-2H3,(H,20,23)/t10-,12+/m0/s1. The van der Waals surface area contributed by atoms with Crippen LogP contribution in [-0.2, 0) is 0 Å². The van der Waals surface area contributed by atoms with E-state index in [0.29, 0.717) is 22.4 Å². The van der Waals surface area contributed by atoms with Gasteiger partial charge in [-0.1, -0.05) is 5.16 Å². The molecule has 0 unspecified atom stereocenters. The Hall–Kier alpha value is -2.16. The van der Waals surface area contributed by atoms with Crippen LogP contribution in [-0.4, -0.2) is 52.8 Å². The Labute approximate surface area is 136 Å². The van der Waals surface area contributed by atoms with Crippen molar-refractivity contribution in [2.24, 2.45) is 0 Å². The molecule has 1 fully saturated rings. The molecule has 3 heterocycles. The maximum absolute atomic E-state index is 12.8. The van der Waals surface area contributed by atoms with Crippen LogP contribution in [0, 0.1) is 6.92 Å². The Kier molecular flexibility index (Phi) is 4.20. The number of carbonyl (C=O) groups excluding carboxylic acids is 1. The number of aromatic nitrogens is 2. The smallest absolute Gasteiger partial charge is 0.348 e. The van der Waals surface area contributed by atoms with E-state index in [9.17, 15) is 18.0 Å². The van der Waals surface area contributed by atoms with Crippen molar-refractivity contribution in [3.05, 3.63) is 23.5 Å². The molecule has 2 aromatic heterocycles. The average Bonchev–Trinajstić information content (AvgIpc) is 2.87. The average molecular weight is 342 g/mol. The van der Waals surface area contributed by atoms with Crippen molar-refractivity contribution in [3.8, 4) is 0 Å². The van der Waals surface area contributed by atoms with E-state index in [1.54, 1.807) is 13.0 Å². The molecule has 0 aromatic carbocycles. The van der Waals surface area contributed by atoms with Crippen LogP contribution >= 0.6 is 0 Å². The molecule has 6 nitrogen and oxygen atoms in total. The van der Waals surface area contributed by atoms with Crippen molar-refractivity contribution < 1.29 is 22.5 Å². The summed E-state index contributed by atoms with van der Waals surface area (Å²) in [6.07, 6.45) is -2.63. The molecule has 130 valence electrons. The molecular formula is C15H17F3N4O2. The van der Waals surface area contributed by atoms with Crippen LogP contribution < -0.4 is 5.32 Å². The summed E-state index contributed by atoms with van der Waals surface area (Å²) in [5.41, 5.74) is 1.29. The van der Waals surface area contributed by atoms with Crippen LogP contribution in [0.15, 0.2) is 16.8 Å². The van der Waals surface area contributed by atoms with Gasteiger partial charge >= 0.3 is 6.18 Å². The zero-order valence-corrected chi connectivity index (χ0v) is 13.2. The number of alkyl halides is 3. The molecule has 0 spiro atoms. The van der Waals surface area contributed by atoms with Crippen molar-refractivity contribution in [2.45, 2.75) is 38.0 Å². The summed E-state index contributed by atoms with van der Waals surface area (Å²) in [5, 5.41) is 7.19. The lowest BCUT2D eigenvalue weighted by atomic mass is 9.98. The SMILES string of the molecule is Cc1noc2ncc(C(=O)N[C@H]3CC[C@H](C(F)(F)F)N(C)C3)cc12. The van der Waals surface area contributed by atoms with E-state index >= 15 is 0 Å². The van der Waals surface area contributed by atoms with Crippen LogP contribution in [0.1, 0.15) is 28.9 Å². The van der Waals surface area contributed by atoms with Gasteiger partial charge in [0, 0.05) is 18.8 Å². The predicted molar refractivity (Wildman–Crippen MR) is 79.5 cm³/mol. The lowest BCUT2D eigenvalue weighted by molar-refractivity contribution is -0.188. The van der Waals surface area contributed by atoms with Crippen LogP contribution in [0.5, 0.6) is 0 Å². The van der Waals surface area contributed by atoms with Gasteiger partial charge < -0.3 is 9.84 Å². The summed E-state index contributed by atoms with van der Waals surface area (Å²) < 4.78 is 43.5. The minimum atomic E-state index is -4.25. The molecule has 1 amide bonds. The second kappa shape index (κ2) is 6.04. The van der Waals surface area contributed by atoms with Gasteiger partial charge in [0.1, 0.15) is 6.04 Å². The number of pyridine rings is 1. The highest BCUT2D eigenvalue weighted by molar-refractivity contribution is 5.97. The Bertz CT molecular complexity index is 759. The maximum Gasteiger partial charge on any atom is 0.404 e. The van der Waals surface area contributed by atoms with Crippen LogP contribution in [0.4, 0.5) is 13.2 Å². The number of carbonyl (C=O) groups is 1. The van der Waals surface area contributed by atoms with Crippen LogP contribution in [0.25, 0.3) is 11.1 Å². The van der Waals surface area contributed by atoms with Gasteiger partial charge in [0.2, 0.25) is 0 Å². The third-order valence-electron chi connectivity index (χ3n) is 4.31. The first-order valence-electron chi connectivity index (χ1n) is 7.55. The highest BCUT2D eigenvalue weighted by Gasteiger charge is 2.44. The molecule has 24 heavy (non-hydrogen) atoms. The second-order valence-electron chi connectivity index (χ2n) is 6.09. The number of nitrogens with one attached hydrogen (secondary N) is 1. The number of hydrogen-bond donors (Lipinski definition) is 1. The third-order valence-corrected chi connectivity index (χ3v) is 4.31. The van der Waals surface area contributed by atoms with Crippen molar-refractivity contribution in [2.75, 3.05) is 13.6 Å². The number of halogens is 3. The first-order valence-corrected chi connectivity index (χ1v) is 7.55. The summed E-state index contributed by atoms with van der Waals surface area (Å²) in [6, 6.07) is -0.169. The van der Waals surface area contributed by atoms with E-state index in [1.165, 1.54) is 18.1 Å². The third kappa shape index (κ3) is 3.21. The minimum absolute atomic E-state index is 0.0347. The zero-order valence-electron chi connectivity index (χ0n) is 13.2. The van der Waals surface area contributed by atoms with E-state index < -0.39 is 12.2 Å². The fraction of sp³-hybridized carbons (Fsp3) is 0.533. The second-order valence-corrected chi connectivity index (χ2v) is 6.09. The van der Waals surface area contributed by atoms with Gasteiger partial charge in [-0.25, -0.2) is 4.98 Å². The molecule has 0 saturated carbocycles. The summed E-state index contributed by atoms with van der Waals surface area (Å²) in [5.74, 6) is -0.367. The van der Waals surface area contributed by atoms with Gasteiger partial charge in [-0.05, 0) is 32.9 Å².